The van der Waals surface area contributed by atoms with Gasteiger partial charge >= 0.3 is 0 Å². The molecular formula is C19H23N7. The molecule has 0 aliphatic heterocycles. The summed E-state index contributed by atoms with van der Waals surface area (Å²) < 4.78 is 0. The van der Waals surface area contributed by atoms with Gasteiger partial charge in [-0.05, 0) is 30.5 Å². The van der Waals surface area contributed by atoms with Crippen LogP contribution in [-0.4, -0.2) is 28.0 Å². The number of fused-ring (bicyclic) bond motifs is 1. The summed E-state index contributed by atoms with van der Waals surface area (Å²) in [7, 11) is 1.83. The molecule has 0 radical (unpaired) electrons. The number of nitrogens with one attached hydrogen (secondary N) is 4. The van der Waals surface area contributed by atoms with Gasteiger partial charge in [0.1, 0.15) is 11.3 Å². The number of rotatable bonds is 5. The molecule has 0 spiro atoms. The molecular weight excluding hydrogens is 326 g/mol. The van der Waals surface area contributed by atoms with Crippen molar-refractivity contribution in [3.8, 4) is 11.1 Å². The highest BCUT2D eigenvalue weighted by Crippen LogP contribution is 2.34. The van der Waals surface area contributed by atoms with E-state index in [1.807, 2.05) is 37.6 Å². The highest BCUT2D eigenvalue weighted by Gasteiger charge is 2.15. The number of hydrogen-bond donors (Lipinski definition) is 4. The van der Waals surface area contributed by atoms with Crippen molar-refractivity contribution in [1.29, 1.82) is 5.53 Å². The van der Waals surface area contributed by atoms with Gasteiger partial charge in [0.05, 0.1) is 5.69 Å². The number of anilines is 2. The Bertz CT molecular complexity index is 925. The maximum Gasteiger partial charge on any atom is 0.224 e. The first-order chi connectivity index (χ1) is 12.8. The lowest BCUT2D eigenvalue weighted by Gasteiger charge is -2.22. The number of hydrogen-bond acceptors (Lipinski definition) is 6. The van der Waals surface area contributed by atoms with Crippen molar-refractivity contribution in [2.45, 2.75) is 38.1 Å². The zero-order valence-corrected chi connectivity index (χ0v) is 14.8. The van der Waals surface area contributed by atoms with Crippen LogP contribution in [0, 0.1) is 5.53 Å². The first-order valence-electron chi connectivity index (χ1n) is 9.09. The number of aromatic nitrogens is 3. The van der Waals surface area contributed by atoms with Crippen molar-refractivity contribution < 1.29 is 0 Å². The Morgan fingerprint density at radius 3 is 2.85 bits per heavy atom. The lowest BCUT2D eigenvalue weighted by atomic mass is 9.96. The Hall–Kier alpha value is -2.96. The predicted molar refractivity (Wildman–Crippen MR) is 104 cm³/mol. The van der Waals surface area contributed by atoms with E-state index in [0.717, 1.165) is 27.8 Å². The molecule has 7 nitrogen and oxygen atoms in total. The van der Waals surface area contributed by atoms with Gasteiger partial charge in [-0.2, -0.15) is 10.1 Å². The summed E-state index contributed by atoms with van der Waals surface area (Å²) in [6.07, 6.45) is 10.1. The lowest BCUT2D eigenvalue weighted by molar-refractivity contribution is 0.461. The molecule has 0 saturated heterocycles. The first kappa shape index (κ1) is 16.5. The maximum absolute atomic E-state index is 7.25. The quantitative estimate of drug-likeness (QED) is 0.483. The smallest absolute Gasteiger partial charge is 0.224 e. The number of benzene rings is 1. The molecule has 134 valence electrons. The summed E-state index contributed by atoms with van der Waals surface area (Å²) in [6.45, 7) is 0. The Balaban J connectivity index is 1.64. The molecule has 2 heterocycles. The van der Waals surface area contributed by atoms with Crippen LogP contribution in [0.2, 0.25) is 0 Å². The molecule has 0 atom stereocenters. The van der Waals surface area contributed by atoms with E-state index >= 15 is 0 Å². The molecule has 1 aliphatic rings. The van der Waals surface area contributed by atoms with E-state index < -0.39 is 0 Å². The SMILES string of the molecule is CNc1cc(-c2c[nH]c3nc(NC4CCCCC4)ncc23)ccc1N=N. The molecule has 4 rings (SSSR count). The minimum Gasteiger partial charge on any atom is -0.386 e. The van der Waals surface area contributed by atoms with Gasteiger partial charge in [0.15, 0.2) is 0 Å². The Morgan fingerprint density at radius 2 is 2.08 bits per heavy atom. The van der Waals surface area contributed by atoms with Crippen LogP contribution in [0.3, 0.4) is 0 Å². The Kier molecular flexibility index (Phi) is 4.51. The largest absolute Gasteiger partial charge is 0.386 e. The molecule has 0 bridgehead atoms. The van der Waals surface area contributed by atoms with E-state index in [1.54, 1.807) is 0 Å². The van der Waals surface area contributed by atoms with Crippen molar-refractivity contribution >= 4 is 28.4 Å². The second-order valence-corrected chi connectivity index (χ2v) is 6.73. The third-order valence-corrected chi connectivity index (χ3v) is 5.07. The van der Waals surface area contributed by atoms with E-state index in [4.69, 9.17) is 5.53 Å². The fourth-order valence-electron chi connectivity index (χ4n) is 3.65. The fourth-order valence-corrected chi connectivity index (χ4v) is 3.65. The number of aromatic amines is 1. The minimum absolute atomic E-state index is 0.481. The highest BCUT2D eigenvalue weighted by molar-refractivity contribution is 5.94. The van der Waals surface area contributed by atoms with E-state index in [1.165, 1.54) is 32.1 Å². The van der Waals surface area contributed by atoms with Crippen LogP contribution in [0.1, 0.15) is 32.1 Å². The van der Waals surface area contributed by atoms with Crippen molar-refractivity contribution in [2.24, 2.45) is 5.11 Å². The third kappa shape index (κ3) is 3.12. The summed E-state index contributed by atoms with van der Waals surface area (Å²) in [4.78, 5) is 12.4. The summed E-state index contributed by atoms with van der Waals surface area (Å²) in [6, 6.07) is 6.28. The molecule has 4 N–H and O–H groups in total. The average Bonchev–Trinajstić information content (AvgIpc) is 3.11. The Labute approximate surface area is 152 Å². The monoisotopic (exact) mass is 349 g/mol. The van der Waals surface area contributed by atoms with Gasteiger partial charge in [-0.25, -0.2) is 10.5 Å². The average molecular weight is 349 g/mol. The van der Waals surface area contributed by atoms with Crippen molar-refractivity contribution in [3.05, 3.63) is 30.6 Å². The van der Waals surface area contributed by atoms with Crippen molar-refractivity contribution in [3.63, 3.8) is 0 Å². The van der Waals surface area contributed by atoms with Crippen molar-refractivity contribution in [1.82, 2.24) is 15.0 Å². The zero-order chi connectivity index (χ0) is 17.9. The third-order valence-electron chi connectivity index (χ3n) is 5.07. The molecule has 1 saturated carbocycles. The predicted octanol–water partition coefficient (Wildman–Crippen LogP) is 5.07. The van der Waals surface area contributed by atoms with Crippen LogP contribution in [0.5, 0.6) is 0 Å². The molecule has 1 fully saturated rings. The number of H-pyrrole nitrogens is 1. The van der Waals surface area contributed by atoms with Gasteiger partial charge in [-0.1, -0.05) is 25.3 Å². The number of nitrogens with zero attached hydrogens (tertiary/aromatic N) is 3. The topological polar surface area (TPSA) is 102 Å². The van der Waals surface area contributed by atoms with E-state index in [2.05, 4.69) is 30.7 Å². The molecule has 0 amide bonds. The van der Waals surface area contributed by atoms with Crippen LogP contribution in [0.15, 0.2) is 35.7 Å². The van der Waals surface area contributed by atoms with Gasteiger partial charge in [-0.3, -0.25) is 0 Å². The van der Waals surface area contributed by atoms with Gasteiger partial charge in [0.2, 0.25) is 5.95 Å². The second-order valence-electron chi connectivity index (χ2n) is 6.73. The Morgan fingerprint density at radius 1 is 1.23 bits per heavy atom. The fraction of sp³-hybridized carbons (Fsp3) is 0.368. The van der Waals surface area contributed by atoms with E-state index in [-0.39, 0.29) is 0 Å². The van der Waals surface area contributed by atoms with Crippen molar-refractivity contribution in [2.75, 3.05) is 17.7 Å². The molecule has 0 unspecified atom stereocenters. The summed E-state index contributed by atoms with van der Waals surface area (Å²) in [5.74, 6) is 0.692. The minimum atomic E-state index is 0.481. The summed E-state index contributed by atoms with van der Waals surface area (Å²) in [5.41, 5.74) is 11.6. The van der Waals surface area contributed by atoms with Gasteiger partial charge in [0.25, 0.3) is 0 Å². The van der Waals surface area contributed by atoms with Gasteiger partial charge < -0.3 is 15.6 Å². The molecule has 26 heavy (non-hydrogen) atoms. The molecule has 1 aromatic carbocycles. The standard InChI is InChI=1S/C19H23N7/c1-21-17-9-12(7-8-16(17)26-20)14-10-22-18-15(14)11-23-19(25-18)24-13-5-3-2-4-6-13/h7-11,13,20-21H,2-6H2,1H3,(H2,22,23,24,25). The van der Waals surface area contributed by atoms with Crippen LogP contribution in [0.4, 0.5) is 17.3 Å². The molecule has 3 aromatic rings. The van der Waals surface area contributed by atoms with E-state index in [9.17, 15) is 0 Å². The lowest BCUT2D eigenvalue weighted by Crippen LogP contribution is -2.23. The zero-order valence-electron chi connectivity index (χ0n) is 14.8. The summed E-state index contributed by atoms with van der Waals surface area (Å²) in [5, 5.41) is 11.1. The molecule has 2 aromatic heterocycles. The van der Waals surface area contributed by atoms with Crippen LogP contribution < -0.4 is 10.6 Å². The van der Waals surface area contributed by atoms with Crippen LogP contribution in [-0.2, 0) is 0 Å². The molecule has 7 heteroatoms. The summed E-state index contributed by atoms with van der Waals surface area (Å²) >= 11 is 0. The van der Waals surface area contributed by atoms with E-state index in [0.29, 0.717) is 17.7 Å². The highest BCUT2D eigenvalue weighted by atomic mass is 15.1. The van der Waals surface area contributed by atoms with Gasteiger partial charge in [-0.15, -0.1) is 0 Å². The van der Waals surface area contributed by atoms with Gasteiger partial charge in [0, 0.05) is 36.4 Å². The normalized spacial score (nSPS) is 15.1. The molecule has 1 aliphatic carbocycles. The first-order valence-corrected chi connectivity index (χ1v) is 9.09. The second kappa shape index (κ2) is 7.11. The maximum atomic E-state index is 7.25. The van der Waals surface area contributed by atoms with Crippen LogP contribution >= 0.6 is 0 Å². The van der Waals surface area contributed by atoms with Crippen LogP contribution in [0.25, 0.3) is 22.2 Å².